The molecule has 0 aliphatic carbocycles. The summed E-state index contributed by atoms with van der Waals surface area (Å²) >= 11 is 0. The van der Waals surface area contributed by atoms with Gasteiger partial charge in [0, 0.05) is 19.3 Å². The Bertz CT molecular complexity index is 1110. The largest absolute Gasteiger partial charge is 0.368 e. The van der Waals surface area contributed by atoms with E-state index in [2.05, 4.69) is 70.3 Å². The van der Waals surface area contributed by atoms with Crippen LogP contribution in [-0.2, 0) is 26.8 Å². The highest BCUT2D eigenvalue weighted by atomic mass is 35.5. The zero-order valence-corrected chi connectivity index (χ0v) is 22.0. The topological polar surface area (TPSA) is 58.6 Å². The fourth-order valence-electron chi connectivity index (χ4n) is 5.22. The first-order chi connectivity index (χ1) is 16.4. The zero-order chi connectivity index (χ0) is 24.0. The summed E-state index contributed by atoms with van der Waals surface area (Å²) in [4.78, 5) is 2.52. The Morgan fingerprint density at radius 2 is 1.40 bits per heavy atom. The molecule has 1 saturated heterocycles. The molecule has 0 bridgehead atoms. The van der Waals surface area contributed by atoms with Crippen LogP contribution in [0.2, 0.25) is 0 Å². The fraction of sp³-hybridized carbons (Fsp3) is 0.357. The standard InChI is InChI=1S/C28H34N2O3S.ClH/c1-33-28(24-9-5-3-6-10-24,25-11-7-4-8-12-25)26-18-21-30(22-19-26)20-17-23-13-15-27(16-14-23)29-34(2,31)32;/h3-16,26,29H,17-22H2,1-2H3;1H. The van der Waals surface area contributed by atoms with E-state index in [1.54, 1.807) is 0 Å². The van der Waals surface area contributed by atoms with Gasteiger partial charge in [0.05, 0.1) is 6.26 Å². The number of ether oxygens (including phenoxy) is 1. The van der Waals surface area contributed by atoms with Gasteiger partial charge >= 0.3 is 0 Å². The minimum absolute atomic E-state index is 0. The third-order valence-electron chi connectivity index (χ3n) is 6.86. The van der Waals surface area contributed by atoms with Crippen LogP contribution >= 0.6 is 12.4 Å². The minimum atomic E-state index is -3.25. The van der Waals surface area contributed by atoms with Gasteiger partial charge in [-0.25, -0.2) is 8.42 Å². The number of piperidine rings is 1. The van der Waals surface area contributed by atoms with Gasteiger partial charge in [-0.1, -0.05) is 72.8 Å². The predicted octanol–water partition coefficient (Wildman–Crippen LogP) is 5.32. The number of methoxy groups -OCH3 is 1. The molecule has 0 saturated carbocycles. The first-order valence-corrected chi connectivity index (χ1v) is 13.7. The Morgan fingerprint density at radius 3 is 1.86 bits per heavy atom. The number of benzene rings is 3. The van der Waals surface area contributed by atoms with Crippen LogP contribution in [0.3, 0.4) is 0 Å². The molecule has 3 aromatic carbocycles. The van der Waals surface area contributed by atoms with E-state index in [0.717, 1.165) is 38.9 Å². The summed E-state index contributed by atoms with van der Waals surface area (Å²) < 4.78 is 31.7. The second-order valence-corrected chi connectivity index (χ2v) is 10.9. The smallest absolute Gasteiger partial charge is 0.229 e. The number of halogens is 1. The van der Waals surface area contributed by atoms with Crippen molar-refractivity contribution in [1.82, 2.24) is 4.90 Å². The lowest BCUT2D eigenvalue weighted by molar-refractivity contribution is -0.0506. The molecule has 188 valence electrons. The molecule has 1 heterocycles. The van der Waals surface area contributed by atoms with Crippen molar-refractivity contribution in [1.29, 1.82) is 0 Å². The molecule has 1 aliphatic rings. The van der Waals surface area contributed by atoms with Crippen molar-refractivity contribution in [2.24, 2.45) is 5.92 Å². The molecule has 5 nitrogen and oxygen atoms in total. The number of hydrogen-bond acceptors (Lipinski definition) is 4. The Labute approximate surface area is 216 Å². The minimum Gasteiger partial charge on any atom is -0.368 e. The maximum Gasteiger partial charge on any atom is 0.229 e. The molecule has 0 spiro atoms. The number of likely N-dealkylation sites (tertiary alicyclic amines) is 1. The molecule has 1 N–H and O–H groups in total. The third kappa shape index (κ3) is 6.64. The Kier molecular flexibility index (Phi) is 9.36. The van der Waals surface area contributed by atoms with Gasteiger partial charge in [0.2, 0.25) is 10.0 Å². The molecule has 0 radical (unpaired) electrons. The number of nitrogens with zero attached hydrogens (tertiary/aromatic N) is 1. The summed E-state index contributed by atoms with van der Waals surface area (Å²) in [6.07, 6.45) is 4.23. The van der Waals surface area contributed by atoms with E-state index in [4.69, 9.17) is 4.74 Å². The van der Waals surface area contributed by atoms with E-state index < -0.39 is 15.6 Å². The van der Waals surface area contributed by atoms with Crippen LogP contribution in [0.1, 0.15) is 29.5 Å². The van der Waals surface area contributed by atoms with E-state index >= 15 is 0 Å². The molecule has 1 fully saturated rings. The summed E-state index contributed by atoms with van der Waals surface area (Å²) in [5.74, 6) is 0.389. The monoisotopic (exact) mass is 514 g/mol. The lowest BCUT2D eigenvalue weighted by Gasteiger charge is -2.44. The van der Waals surface area contributed by atoms with Gasteiger partial charge in [-0.2, -0.15) is 0 Å². The number of hydrogen-bond donors (Lipinski definition) is 1. The highest BCUT2D eigenvalue weighted by Gasteiger charge is 2.43. The molecule has 0 aromatic heterocycles. The van der Waals surface area contributed by atoms with E-state index in [-0.39, 0.29) is 12.4 Å². The van der Waals surface area contributed by atoms with Gasteiger partial charge in [-0.15, -0.1) is 12.4 Å². The first kappa shape index (κ1) is 27.2. The highest BCUT2D eigenvalue weighted by Crippen LogP contribution is 2.44. The average molecular weight is 515 g/mol. The van der Waals surface area contributed by atoms with Crippen LogP contribution in [0.15, 0.2) is 84.9 Å². The summed E-state index contributed by atoms with van der Waals surface area (Å²) in [6.45, 7) is 3.05. The summed E-state index contributed by atoms with van der Waals surface area (Å²) in [5.41, 5.74) is 3.79. The van der Waals surface area contributed by atoms with Crippen molar-refractivity contribution in [3.05, 3.63) is 102 Å². The van der Waals surface area contributed by atoms with E-state index in [0.29, 0.717) is 11.6 Å². The van der Waals surface area contributed by atoms with Crippen LogP contribution in [-0.4, -0.2) is 46.3 Å². The molecule has 3 aromatic rings. The molecular weight excluding hydrogens is 480 g/mol. The van der Waals surface area contributed by atoms with E-state index in [9.17, 15) is 8.42 Å². The molecule has 0 atom stereocenters. The van der Waals surface area contributed by atoms with Gasteiger partial charge in [-0.05, 0) is 67.1 Å². The van der Waals surface area contributed by atoms with Crippen LogP contribution in [0.4, 0.5) is 5.69 Å². The normalized spacial score (nSPS) is 15.4. The van der Waals surface area contributed by atoms with E-state index in [1.807, 2.05) is 31.4 Å². The molecule has 0 amide bonds. The highest BCUT2D eigenvalue weighted by molar-refractivity contribution is 7.92. The quantitative estimate of drug-likeness (QED) is 0.419. The molecule has 4 rings (SSSR count). The van der Waals surface area contributed by atoms with Gasteiger partial charge in [0.1, 0.15) is 5.60 Å². The van der Waals surface area contributed by atoms with Gasteiger partial charge in [0.15, 0.2) is 0 Å². The number of rotatable bonds is 9. The van der Waals surface area contributed by atoms with Gasteiger partial charge in [-0.3, -0.25) is 4.72 Å². The molecular formula is C28H35ClN2O3S. The molecule has 7 heteroatoms. The van der Waals surface area contributed by atoms with Crippen molar-refractivity contribution in [2.75, 3.05) is 37.7 Å². The number of sulfonamides is 1. The maximum absolute atomic E-state index is 11.4. The summed E-state index contributed by atoms with van der Waals surface area (Å²) in [7, 11) is -1.41. The fourth-order valence-corrected chi connectivity index (χ4v) is 5.78. The second-order valence-electron chi connectivity index (χ2n) is 9.11. The predicted molar refractivity (Wildman–Crippen MR) is 146 cm³/mol. The second kappa shape index (κ2) is 12.0. The lowest BCUT2D eigenvalue weighted by Crippen LogP contribution is -2.45. The van der Waals surface area contributed by atoms with Crippen molar-refractivity contribution >= 4 is 28.1 Å². The van der Waals surface area contributed by atoms with Gasteiger partial charge in [0.25, 0.3) is 0 Å². The van der Waals surface area contributed by atoms with Crippen LogP contribution in [0.25, 0.3) is 0 Å². The van der Waals surface area contributed by atoms with Crippen LogP contribution in [0.5, 0.6) is 0 Å². The summed E-state index contributed by atoms with van der Waals surface area (Å²) in [6, 6.07) is 28.9. The molecule has 0 unspecified atom stereocenters. The number of anilines is 1. The van der Waals surface area contributed by atoms with Crippen molar-refractivity contribution in [3.63, 3.8) is 0 Å². The van der Waals surface area contributed by atoms with Crippen molar-refractivity contribution < 1.29 is 13.2 Å². The van der Waals surface area contributed by atoms with Crippen LogP contribution < -0.4 is 4.72 Å². The third-order valence-corrected chi connectivity index (χ3v) is 7.47. The summed E-state index contributed by atoms with van der Waals surface area (Å²) in [5, 5.41) is 0. The van der Waals surface area contributed by atoms with Crippen LogP contribution in [0, 0.1) is 5.92 Å². The number of nitrogens with one attached hydrogen (secondary N) is 1. The van der Waals surface area contributed by atoms with Crippen molar-refractivity contribution in [2.45, 2.75) is 24.9 Å². The Balaban J connectivity index is 0.00000342. The van der Waals surface area contributed by atoms with Crippen molar-refractivity contribution in [3.8, 4) is 0 Å². The van der Waals surface area contributed by atoms with E-state index in [1.165, 1.54) is 22.9 Å². The molecule has 35 heavy (non-hydrogen) atoms. The Morgan fingerprint density at radius 1 is 0.886 bits per heavy atom. The van der Waals surface area contributed by atoms with Gasteiger partial charge < -0.3 is 9.64 Å². The zero-order valence-electron chi connectivity index (χ0n) is 20.4. The average Bonchev–Trinajstić information content (AvgIpc) is 2.86. The maximum atomic E-state index is 11.4. The lowest BCUT2D eigenvalue weighted by atomic mass is 9.71. The first-order valence-electron chi connectivity index (χ1n) is 11.9. The Hall–Kier alpha value is -2.38. The molecule has 1 aliphatic heterocycles. The SMILES string of the molecule is COC(c1ccccc1)(c1ccccc1)C1CCN(CCc2ccc(NS(C)(=O)=O)cc2)CC1.Cl.